The third-order valence-corrected chi connectivity index (χ3v) is 8.08. The first-order valence-electron chi connectivity index (χ1n) is 10.4. The minimum Gasteiger partial charge on any atom is -0.485 e. The highest BCUT2D eigenvalue weighted by Crippen LogP contribution is 2.31. The van der Waals surface area contributed by atoms with Crippen molar-refractivity contribution in [2.75, 3.05) is 18.1 Å². The quantitative estimate of drug-likeness (QED) is 0.380. The van der Waals surface area contributed by atoms with Crippen LogP contribution in [0.1, 0.15) is 47.1 Å². The molecule has 2 N–H and O–H groups in total. The van der Waals surface area contributed by atoms with Gasteiger partial charge in [0.05, 0.1) is 5.56 Å². The number of carbonyl (C=O) groups excluding carboxylic acids is 1. The summed E-state index contributed by atoms with van der Waals surface area (Å²) in [7, 11) is -3.83. The molecule has 1 aliphatic rings. The number of nitrogens with two attached hydrogens (primary N) is 1. The number of amides is 1. The van der Waals surface area contributed by atoms with Crippen molar-refractivity contribution in [3.8, 4) is 5.75 Å². The highest BCUT2D eigenvalue weighted by atomic mass is 32.2. The summed E-state index contributed by atoms with van der Waals surface area (Å²) in [5.74, 6) is 7.41. The van der Waals surface area contributed by atoms with Gasteiger partial charge in [-0.3, -0.25) is 4.79 Å². The molecule has 0 saturated heterocycles. The first-order chi connectivity index (χ1) is 15.7. The number of aryl methyl sites for hydroxylation is 1. The molecule has 2 aromatic carbocycles. The topological polar surface area (TPSA) is 120 Å². The Balaban J connectivity index is 1.39. The molecule has 0 spiro atoms. The number of hydrogen-bond acceptors (Lipinski definition) is 8. The van der Waals surface area contributed by atoms with Crippen LogP contribution in [0.2, 0.25) is 0 Å². The summed E-state index contributed by atoms with van der Waals surface area (Å²) in [6.45, 7) is 6.34. The van der Waals surface area contributed by atoms with E-state index in [2.05, 4.69) is 30.1 Å². The second-order valence-electron chi connectivity index (χ2n) is 7.98. The number of hydrogen-bond donors (Lipinski definition) is 1. The number of benzene rings is 2. The zero-order valence-electron chi connectivity index (χ0n) is 18.6. The average Bonchev–Trinajstić information content (AvgIpc) is 3.22. The summed E-state index contributed by atoms with van der Waals surface area (Å²) in [5.41, 5.74) is 2.38. The molecule has 11 heteroatoms. The smallest absolute Gasteiger partial charge is 0.269 e. The average molecular weight is 488 g/mol. The van der Waals surface area contributed by atoms with Crippen molar-refractivity contribution < 1.29 is 17.9 Å². The summed E-state index contributed by atoms with van der Waals surface area (Å²) >= 11 is 1.22. The maximum absolute atomic E-state index is 12.6. The molecule has 3 aromatic rings. The van der Waals surface area contributed by atoms with Crippen LogP contribution in [0.5, 0.6) is 5.75 Å². The van der Waals surface area contributed by atoms with Gasteiger partial charge in [0.15, 0.2) is 5.82 Å². The lowest BCUT2D eigenvalue weighted by Gasteiger charge is -2.15. The van der Waals surface area contributed by atoms with Gasteiger partial charge in [0.1, 0.15) is 17.3 Å². The Labute approximate surface area is 197 Å². The molecular formula is C22H25N5O4S2. The highest BCUT2D eigenvalue weighted by Gasteiger charge is 2.40. The van der Waals surface area contributed by atoms with Crippen LogP contribution in [-0.4, -0.2) is 45.8 Å². The zero-order chi connectivity index (χ0) is 23.8. The molecule has 0 saturated carbocycles. The second-order valence-corrected chi connectivity index (χ2v) is 10.9. The number of rotatable bonds is 8. The molecule has 1 amide bonds. The van der Waals surface area contributed by atoms with Crippen LogP contribution < -0.4 is 10.6 Å². The van der Waals surface area contributed by atoms with Gasteiger partial charge in [-0.05, 0) is 42.2 Å². The highest BCUT2D eigenvalue weighted by molar-refractivity contribution is 7.99. The van der Waals surface area contributed by atoms with Gasteiger partial charge in [-0.15, -0.1) is 10.2 Å². The van der Waals surface area contributed by atoms with Gasteiger partial charge in [0.2, 0.25) is 5.16 Å². The van der Waals surface area contributed by atoms with E-state index in [0.29, 0.717) is 16.9 Å². The minimum absolute atomic E-state index is 0.000245. The maximum atomic E-state index is 12.6. The van der Waals surface area contributed by atoms with E-state index in [9.17, 15) is 13.2 Å². The number of nitrogen functional groups attached to an aromatic ring is 1. The fourth-order valence-electron chi connectivity index (χ4n) is 3.56. The van der Waals surface area contributed by atoms with E-state index in [1.165, 1.54) is 28.6 Å². The van der Waals surface area contributed by atoms with E-state index in [1.807, 2.05) is 19.1 Å². The Hall–Kier alpha value is -3.05. The molecule has 0 bridgehead atoms. The van der Waals surface area contributed by atoms with Crippen LogP contribution in [-0.2, 0) is 16.6 Å². The van der Waals surface area contributed by atoms with Crippen molar-refractivity contribution in [3.05, 3.63) is 65.0 Å². The summed E-state index contributed by atoms with van der Waals surface area (Å²) in [6, 6.07) is 12.3. The zero-order valence-corrected chi connectivity index (χ0v) is 20.2. The fourth-order valence-corrected chi connectivity index (χ4v) is 6.05. The predicted octanol–water partition coefficient (Wildman–Crippen LogP) is 2.94. The van der Waals surface area contributed by atoms with Crippen molar-refractivity contribution in [2.45, 2.75) is 43.3 Å². The normalized spacial score (nSPS) is 14.7. The van der Waals surface area contributed by atoms with E-state index < -0.39 is 15.9 Å². The molecule has 174 valence electrons. The van der Waals surface area contributed by atoms with Gasteiger partial charge in [0, 0.05) is 12.3 Å². The fraction of sp³-hybridized carbons (Fsp3) is 0.318. The number of aromatic nitrogens is 3. The molecule has 2 heterocycles. The lowest BCUT2D eigenvalue weighted by molar-refractivity contribution is 0.0876. The lowest BCUT2D eigenvalue weighted by atomic mass is 10.0. The molecule has 0 fully saturated rings. The Morgan fingerprint density at radius 1 is 1.15 bits per heavy atom. The van der Waals surface area contributed by atoms with E-state index >= 15 is 0 Å². The molecule has 1 aromatic heterocycles. The number of fused-ring (bicyclic) bond motifs is 1. The summed E-state index contributed by atoms with van der Waals surface area (Å²) in [4.78, 5) is 12.5. The molecule has 9 nitrogen and oxygen atoms in total. The first-order valence-corrected chi connectivity index (χ1v) is 12.8. The predicted molar refractivity (Wildman–Crippen MR) is 125 cm³/mol. The van der Waals surface area contributed by atoms with Crippen LogP contribution in [0.4, 0.5) is 0 Å². The Morgan fingerprint density at radius 3 is 2.64 bits per heavy atom. The third kappa shape index (κ3) is 4.42. The van der Waals surface area contributed by atoms with Crippen molar-refractivity contribution in [1.29, 1.82) is 0 Å². The van der Waals surface area contributed by atoms with Gasteiger partial charge >= 0.3 is 0 Å². The van der Waals surface area contributed by atoms with Gasteiger partial charge < -0.3 is 10.6 Å². The number of thioether (sulfide) groups is 1. The van der Waals surface area contributed by atoms with Crippen molar-refractivity contribution in [2.24, 2.45) is 0 Å². The van der Waals surface area contributed by atoms with Gasteiger partial charge in [-0.25, -0.2) is 17.4 Å². The summed E-state index contributed by atoms with van der Waals surface area (Å²) in [6.07, 6.45) is 0. The Morgan fingerprint density at radius 2 is 1.91 bits per heavy atom. The van der Waals surface area contributed by atoms with Crippen molar-refractivity contribution >= 4 is 27.7 Å². The number of carbonyl (C=O) groups is 1. The van der Waals surface area contributed by atoms with Gasteiger partial charge in [-0.2, -0.15) is 0 Å². The Kier molecular flexibility index (Phi) is 6.35. The number of ether oxygens (including phenoxy) is 1. The van der Waals surface area contributed by atoms with Crippen molar-refractivity contribution in [1.82, 2.24) is 19.2 Å². The molecule has 33 heavy (non-hydrogen) atoms. The largest absolute Gasteiger partial charge is 0.485 e. The van der Waals surface area contributed by atoms with Crippen LogP contribution in [0.3, 0.4) is 0 Å². The molecule has 0 aliphatic carbocycles. The van der Waals surface area contributed by atoms with E-state index in [4.69, 9.17) is 10.6 Å². The molecule has 1 aliphatic heterocycles. The molecule has 0 atom stereocenters. The van der Waals surface area contributed by atoms with Crippen LogP contribution in [0, 0.1) is 6.92 Å². The maximum Gasteiger partial charge on any atom is 0.269 e. The van der Waals surface area contributed by atoms with Crippen LogP contribution in [0.25, 0.3) is 0 Å². The first kappa shape index (κ1) is 23.1. The van der Waals surface area contributed by atoms with Crippen LogP contribution >= 0.6 is 11.8 Å². The molecule has 0 radical (unpaired) electrons. The summed E-state index contributed by atoms with van der Waals surface area (Å²) < 4.78 is 33.5. The lowest BCUT2D eigenvalue weighted by Crippen LogP contribution is -2.32. The third-order valence-electron chi connectivity index (χ3n) is 5.32. The molecule has 0 unspecified atom stereocenters. The van der Waals surface area contributed by atoms with Gasteiger partial charge in [-0.1, -0.05) is 49.9 Å². The molecule has 4 rings (SSSR count). The van der Waals surface area contributed by atoms with Crippen molar-refractivity contribution in [3.63, 3.8) is 0 Å². The van der Waals surface area contributed by atoms with Gasteiger partial charge in [0.25, 0.3) is 15.9 Å². The Bertz CT molecular complexity index is 1300. The number of sulfonamides is 1. The van der Waals surface area contributed by atoms with Crippen LogP contribution in [0.15, 0.2) is 52.5 Å². The molecular weight excluding hydrogens is 462 g/mol. The SMILES string of the molecule is Cc1ccc(C(C)C)c(OCc2nnc(SCCN3C(=O)c4ccccc4S3(=O)=O)n2N)c1. The van der Waals surface area contributed by atoms with E-state index in [0.717, 1.165) is 21.2 Å². The van der Waals surface area contributed by atoms with E-state index in [-0.39, 0.29) is 29.4 Å². The second kappa shape index (κ2) is 9.06. The number of nitrogens with zero attached hydrogens (tertiary/aromatic N) is 4. The monoisotopic (exact) mass is 487 g/mol. The minimum atomic E-state index is -3.83. The standard InChI is InChI=1S/C22H25N5O4S2/c1-14(2)16-9-8-15(3)12-18(16)31-13-20-24-25-22(27(20)23)32-11-10-26-21(28)17-6-4-5-7-19(17)33(26,29)30/h4-9,12,14H,10-11,13,23H2,1-3H3. The summed E-state index contributed by atoms with van der Waals surface area (Å²) in [5, 5.41) is 8.58. The van der Waals surface area contributed by atoms with E-state index in [1.54, 1.807) is 12.1 Å².